The number of para-hydroxylation sites is 1. The van der Waals surface area contributed by atoms with Gasteiger partial charge < -0.3 is 19.5 Å². The predicted molar refractivity (Wildman–Crippen MR) is 110 cm³/mol. The number of carbonyl (C=O) groups is 1. The molecule has 1 aliphatic heterocycles. The van der Waals surface area contributed by atoms with Gasteiger partial charge in [-0.15, -0.1) is 0 Å². The number of anilines is 1. The van der Waals surface area contributed by atoms with E-state index in [1.54, 1.807) is 13.8 Å². The minimum atomic E-state index is -1.21. The van der Waals surface area contributed by atoms with Crippen LogP contribution < -0.4 is 9.64 Å². The zero-order chi connectivity index (χ0) is 20.0. The Kier molecular flexibility index (Phi) is 6.57. The van der Waals surface area contributed by atoms with Gasteiger partial charge in [0, 0.05) is 25.3 Å². The molecule has 2 aromatic carbocycles. The molecule has 0 spiro atoms. The Balaban J connectivity index is 1.53. The van der Waals surface area contributed by atoms with Crippen LogP contribution in [0, 0.1) is 0 Å². The number of aryl methyl sites for hydroxylation is 1. The highest BCUT2D eigenvalue weighted by molar-refractivity contribution is 5.77. The van der Waals surface area contributed by atoms with E-state index in [4.69, 9.17) is 9.47 Å². The van der Waals surface area contributed by atoms with Crippen molar-refractivity contribution in [3.05, 3.63) is 59.7 Å². The van der Waals surface area contributed by atoms with Crippen molar-refractivity contribution in [2.75, 3.05) is 31.2 Å². The fraction of sp³-hybridized carbons (Fsp3) is 0.435. The summed E-state index contributed by atoms with van der Waals surface area (Å²) in [6.45, 7) is 6.30. The lowest BCUT2D eigenvalue weighted by Crippen LogP contribution is -2.40. The molecule has 1 unspecified atom stereocenters. The normalized spacial score (nSPS) is 15.6. The first-order valence-corrected chi connectivity index (χ1v) is 9.94. The Morgan fingerprint density at radius 1 is 1.18 bits per heavy atom. The van der Waals surface area contributed by atoms with Crippen molar-refractivity contribution in [3.8, 4) is 5.75 Å². The molecule has 2 aromatic rings. The molecule has 0 fully saturated rings. The molecule has 0 amide bonds. The second kappa shape index (κ2) is 9.11. The van der Waals surface area contributed by atoms with E-state index in [0.29, 0.717) is 19.6 Å². The molecule has 0 aromatic heterocycles. The average molecular weight is 383 g/mol. The topological polar surface area (TPSA) is 59.0 Å². The molecule has 1 aliphatic rings. The van der Waals surface area contributed by atoms with E-state index in [0.717, 1.165) is 30.8 Å². The van der Waals surface area contributed by atoms with Gasteiger partial charge in [-0.25, -0.2) is 4.79 Å². The third-order valence-electron chi connectivity index (χ3n) is 5.22. The van der Waals surface area contributed by atoms with Crippen LogP contribution in [-0.2, 0) is 22.4 Å². The van der Waals surface area contributed by atoms with E-state index in [1.807, 2.05) is 24.3 Å². The van der Waals surface area contributed by atoms with Gasteiger partial charge in [-0.2, -0.15) is 0 Å². The third kappa shape index (κ3) is 4.84. The maximum absolute atomic E-state index is 11.5. The Bertz CT molecular complexity index is 789. The monoisotopic (exact) mass is 383 g/mol. The zero-order valence-electron chi connectivity index (χ0n) is 16.7. The van der Waals surface area contributed by atoms with E-state index < -0.39 is 11.6 Å². The Labute approximate surface area is 166 Å². The minimum Gasteiger partial charge on any atom is -0.492 e. The maximum atomic E-state index is 11.5. The molecule has 150 valence electrons. The molecule has 0 saturated heterocycles. The SMILES string of the molecule is CCOC(C)(Cc1ccc(OCCN2CCCc3ccccc32)cc1)C(=O)O. The van der Waals surface area contributed by atoms with Crippen LogP contribution in [0.2, 0.25) is 0 Å². The largest absolute Gasteiger partial charge is 0.492 e. The van der Waals surface area contributed by atoms with Gasteiger partial charge in [0.2, 0.25) is 0 Å². The quantitative estimate of drug-likeness (QED) is 0.711. The summed E-state index contributed by atoms with van der Waals surface area (Å²) in [5.41, 5.74) is 2.43. The molecule has 0 bridgehead atoms. The van der Waals surface area contributed by atoms with Gasteiger partial charge in [0.05, 0.1) is 6.54 Å². The van der Waals surface area contributed by atoms with Crippen molar-refractivity contribution in [1.29, 1.82) is 0 Å². The van der Waals surface area contributed by atoms with Crippen LogP contribution in [0.5, 0.6) is 5.75 Å². The molecule has 28 heavy (non-hydrogen) atoms. The van der Waals surface area contributed by atoms with Gasteiger partial charge in [-0.3, -0.25) is 0 Å². The second-order valence-electron chi connectivity index (χ2n) is 7.36. The molecule has 0 radical (unpaired) electrons. The first-order chi connectivity index (χ1) is 13.5. The zero-order valence-corrected chi connectivity index (χ0v) is 16.7. The molecular formula is C23H29NO4. The summed E-state index contributed by atoms with van der Waals surface area (Å²) in [7, 11) is 0. The summed E-state index contributed by atoms with van der Waals surface area (Å²) in [6.07, 6.45) is 2.64. The molecule has 1 heterocycles. The molecule has 0 saturated carbocycles. The highest BCUT2D eigenvalue weighted by Crippen LogP contribution is 2.26. The van der Waals surface area contributed by atoms with Crippen LogP contribution >= 0.6 is 0 Å². The van der Waals surface area contributed by atoms with Gasteiger partial charge in [0.15, 0.2) is 5.60 Å². The number of benzene rings is 2. The van der Waals surface area contributed by atoms with Crippen LogP contribution in [0.3, 0.4) is 0 Å². The number of ether oxygens (including phenoxy) is 2. The first kappa shape index (κ1) is 20.2. The van der Waals surface area contributed by atoms with E-state index in [-0.39, 0.29) is 0 Å². The van der Waals surface area contributed by atoms with Crippen molar-refractivity contribution in [2.45, 2.75) is 38.7 Å². The van der Waals surface area contributed by atoms with Crippen molar-refractivity contribution in [1.82, 2.24) is 0 Å². The number of hydrogen-bond donors (Lipinski definition) is 1. The molecule has 1 atom stereocenters. The number of nitrogens with zero attached hydrogens (tertiary/aromatic N) is 1. The summed E-state index contributed by atoms with van der Waals surface area (Å²) in [5, 5.41) is 9.43. The lowest BCUT2D eigenvalue weighted by atomic mass is 9.96. The summed E-state index contributed by atoms with van der Waals surface area (Å²) >= 11 is 0. The van der Waals surface area contributed by atoms with Crippen molar-refractivity contribution in [2.24, 2.45) is 0 Å². The fourth-order valence-electron chi connectivity index (χ4n) is 3.72. The van der Waals surface area contributed by atoms with Crippen LogP contribution in [0.25, 0.3) is 0 Å². The van der Waals surface area contributed by atoms with Crippen LogP contribution in [0.4, 0.5) is 5.69 Å². The number of carboxylic acids is 1. The number of hydrogen-bond acceptors (Lipinski definition) is 4. The van der Waals surface area contributed by atoms with Crippen LogP contribution in [-0.4, -0.2) is 43.0 Å². The summed E-state index contributed by atoms with van der Waals surface area (Å²) < 4.78 is 11.4. The van der Waals surface area contributed by atoms with Gasteiger partial charge in [-0.1, -0.05) is 30.3 Å². The Morgan fingerprint density at radius 3 is 2.64 bits per heavy atom. The second-order valence-corrected chi connectivity index (χ2v) is 7.36. The van der Waals surface area contributed by atoms with Crippen LogP contribution in [0.15, 0.2) is 48.5 Å². The minimum absolute atomic E-state index is 0.320. The summed E-state index contributed by atoms with van der Waals surface area (Å²) in [4.78, 5) is 13.9. The molecule has 0 aliphatic carbocycles. The van der Waals surface area contributed by atoms with Gasteiger partial charge in [-0.05, 0) is 56.0 Å². The van der Waals surface area contributed by atoms with Gasteiger partial charge in [0.25, 0.3) is 0 Å². The van der Waals surface area contributed by atoms with E-state index >= 15 is 0 Å². The van der Waals surface area contributed by atoms with Crippen molar-refractivity contribution < 1.29 is 19.4 Å². The number of aliphatic carboxylic acids is 1. The highest BCUT2D eigenvalue weighted by Gasteiger charge is 2.33. The third-order valence-corrected chi connectivity index (χ3v) is 5.22. The smallest absolute Gasteiger partial charge is 0.336 e. The molecule has 5 nitrogen and oxygen atoms in total. The predicted octanol–water partition coefficient (Wildman–Crippen LogP) is 3.94. The lowest BCUT2D eigenvalue weighted by Gasteiger charge is -2.31. The summed E-state index contributed by atoms with van der Waals surface area (Å²) in [5.74, 6) is -0.154. The maximum Gasteiger partial charge on any atom is 0.336 e. The number of fused-ring (bicyclic) bond motifs is 1. The highest BCUT2D eigenvalue weighted by atomic mass is 16.5. The van der Waals surface area contributed by atoms with Gasteiger partial charge >= 0.3 is 5.97 Å². The lowest BCUT2D eigenvalue weighted by molar-refractivity contribution is -0.162. The van der Waals surface area contributed by atoms with Crippen molar-refractivity contribution >= 4 is 11.7 Å². The first-order valence-electron chi connectivity index (χ1n) is 9.94. The van der Waals surface area contributed by atoms with Crippen LogP contribution in [0.1, 0.15) is 31.4 Å². The molecular weight excluding hydrogens is 354 g/mol. The molecule has 5 heteroatoms. The average Bonchev–Trinajstić information content (AvgIpc) is 2.69. The van der Waals surface area contributed by atoms with Gasteiger partial charge in [0.1, 0.15) is 12.4 Å². The van der Waals surface area contributed by atoms with E-state index in [2.05, 4.69) is 29.2 Å². The van der Waals surface area contributed by atoms with Crippen molar-refractivity contribution in [3.63, 3.8) is 0 Å². The Hall–Kier alpha value is -2.53. The summed E-state index contributed by atoms with van der Waals surface area (Å²) in [6, 6.07) is 16.2. The standard InChI is InChI=1S/C23H29NO4/c1-3-28-23(2,22(25)26)17-18-10-12-20(13-11-18)27-16-15-24-14-6-8-19-7-4-5-9-21(19)24/h4-5,7,9-13H,3,6,8,14-17H2,1-2H3,(H,25,26). The fourth-order valence-corrected chi connectivity index (χ4v) is 3.72. The van der Waals surface area contributed by atoms with E-state index in [9.17, 15) is 9.90 Å². The number of carboxylic acid groups (broad SMARTS) is 1. The van der Waals surface area contributed by atoms with E-state index in [1.165, 1.54) is 17.7 Å². The number of rotatable bonds is 9. The Morgan fingerprint density at radius 2 is 1.93 bits per heavy atom. The molecule has 1 N–H and O–H groups in total. The molecule has 3 rings (SSSR count).